The first kappa shape index (κ1) is 16.5. The number of hydrogen-bond acceptors (Lipinski definition) is 3. The molecule has 1 amide bonds. The Labute approximate surface area is 151 Å². The van der Waals surface area contributed by atoms with Crippen molar-refractivity contribution < 1.29 is 4.79 Å². The van der Waals surface area contributed by atoms with Crippen LogP contribution >= 0.6 is 0 Å². The quantitative estimate of drug-likeness (QED) is 0.789. The van der Waals surface area contributed by atoms with Crippen molar-refractivity contribution >= 4 is 16.7 Å². The number of rotatable bonds is 3. The summed E-state index contributed by atoms with van der Waals surface area (Å²) in [6.07, 6.45) is 4.17. The first-order valence-corrected chi connectivity index (χ1v) is 8.97. The van der Waals surface area contributed by atoms with E-state index in [2.05, 4.69) is 17.3 Å². The number of hydrogen-bond donors (Lipinski definition) is 1. The van der Waals surface area contributed by atoms with Gasteiger partial charge in [-0.2, -0.15) is 9.78 Å². The third-order valence-electron chi connectivity index (χ3n) is 5.14. The molecule has 1 aliphatic carbocycles. The second-order valence-electron chi connectivity index (χ2n) is 7.17. The zero-order valence-corrected chi connectivity index (χ0v) is 14.7. The van der Waals surface area contributed by atoms with E-state index in [1.807, 2.05) is 36.4 Å². The van der Waals surface area contributed by atoms with Gasteiger partial charge in [-0.15, -0.1) is 0 Å². The van der Waals surface area contributed by atoms with Gasteiger partial charge in [-0.1, -0.05) is 49.2 Å². The number of amides is 1. The van der Waals surface area contributed by atoms with Crippen molar-refractivity contribution in [1.82, 2.24) is 15.1 Å². The van der Waals surface area contributed by atoms with Gasteiger partial charge in [0.2, 0.25) is 0 Å². The number of carbonyl (C=O) groups excluding carboxylic acids is 1. The molecule has 3 aromatic rings. The van der Waals surface area contributed by atoms with Gasteiger partial charge >= 0.3 is 0 Å². The van der Waals surface area contributed by atoms with Gasteiger partial charge in [0.15, 0.2) is 5.69 Å². The van der Waals surface area contributed by atoms with Gasteiger partial charge in [-0.25, -0.2) is 0 Å². The van der Waals surface area contributed by atoms with Crippen LogP contribution in [0.4, 0.5) is 0 Å². The largest absolute Gasteiger partial charge is 0.345 e. The van der Waals surface area contributed by atoms with Crippen LogP contribution in [-0.2, 0) is 0 Å². The van der Waals surface area contributed by atoms with E-state index in [0.29, 0.717) is 16.5 Å². The molecule has 1 aromatic heterocycles. The summed E-state index contributed by atoms with van der Waals surface area (Å²) in [7, 11) is 0. The minimum atomic E-state index is -0.227. The van der Waals surface area contributed by atoms with Crippen LogP contribution in [0.2, 0.25) is 0 Å². The molecule has 4 rings (SSSR count). The van der Waals surface area contributed by atoms with Crippen LogP contribution in [0.3, 0.4) is 0 Å². The Morgan fingerprint density at radius 2 is 1.62 bits per heavy atom. The predicted octanol–water partition coefficient (Wildman–Crippen LogP) is 3.45. The molecular weight excluding hydrogens is 326 g/mol. The lowest BCUT2D eigenvalue weighted by atomic mass is 10.00. The summed E-state index contributed by atoms with van der Waals surface area (Å²) >= 11 is 0. The molecule has 1 N–H and O–H groups in total. The topological polar surface area (TPSA) is 64.0 Å². The van der Waals surface area contributed by atoms with Gasteiger partial charge in [0.1, 0.15) is 0 Å². The molecule has 0 aliphatic heterocycles. The number of aromatic nitrogens is 2. The first-order chi connectivity index (χ1) is 12.6. The fraction of sp³-hybridized carbons (Fsp3) is 0.286. The zero-order chi connectivity index (χ0) is 18.1. The van der Waals surface area contributed by atoms with Crippen molar-refractivity contribution in [3.63, 3.8) is 0 Å². The van der Waals surface area contributed by atoms with E-state index in [-0.39, 0.29) is 22.7 Å². The molecule has 1 heterocycles. The van der Waals surface area contributed by atoms with Gasteiger partial charge in [0.05, 0.1) is 11.1 Å². The Morgan fingerprint density at radius 3 is 2.31 bits per heavy atom. The van der Waals surface area contributed by atoms with Crippen LogP contribution in [0.25, 0.3) is 16.5 Å². The highest BCUT2D eigenvalue weighted by Gasteiger charge is 2.31. The summed E-state index contributed by atoms with van der Waals surface area (Å²) in [4.78, 5) is 25.9. The number of benzene rings is 2. The lowest BCUT2D eigenvalue weighted by molar-refractivity contribution is 0.0903. The van der Waals surface area contributed by atoms with Gasteiger partial charge in [0, 0.05) is 10.9 Å². The molecule has 1 aliphatic rings. The van der Waals surface area contributed by atoms with Crippen molar-refractivity contribution in [2.24, 2.45) is 0 Å². The van der Waals surface area contributed by atoms with Crippen LogP contribution in [-0.4, -0.2) is 21.2 Å². The normalized spacial score (nSPS) is 15.9. The SMILES string of the molecule is CC1(NC(=O)c2nn(-c3ccccc3)c(=O)c3ccccc23)CCCC1. The first-order valence-electron chi connectivity index (χ1n) is 8.97. The van der Waals surface area contributed by atoms with E-state index in [1.54, 1.807) is 18.2 Å². The lowest BCUT2D eigenvalue weighted by Gasteiger charge is -2.25. The second kappa shape index (κ2) is 6.41. The molecule has 26 heavy (non-hydrogen) atoms. The van der Waals surface area contributed by atoms with Crippen LogP contribution in [0.15, 0.2) is 59.4 Å². The highest BCUT2D eigenvalue weighted by atomic mass is 16.2. The molecule has 0 bridgehead atoms. The van der Waals surface area contributed by atoms with Gasteiger partial charge in [0.25, 0.3) is 11.5 Å². The van der Waals surface area contributed by atoms with Crippen molar-refractivity contribution in [2.75, 3.05) is 0 Å². The summed E-state index contributed by atoms with van der Waals surface area (Å²) in [5, 5.41) is 8.66. The molecule has 132 valence electrons. The maximum atomic E-state index is 13.0. The Balaban J connectivity index is 1.87. The molecule has 5 nitrogen and oxygen atoms in total. The summed E-state index contributed by atoms with van der Waals surface area (Å²) in [5.74, 6) is -0.227. The van der Waals surface area contributed by atoms with Crippen molar-refractivity contribution in [3.05, 3.63) is 70.6 Å². The third kappa shape index (κ3) is 2.90. The molecule has 1 saturated carbocycles. The number of nitrogens with one attached hydrogen (secondary N) is 1. The minimum Gasteiger partial charge on any atom is -0.345 e. The monoisotopic (exact) mass is 347 g/mol. The van der Waals surface area contributed by atoms with Gasteiger partial charge < -0.3 is 5.32 Å². The predicted molar refractivity (Wildman–Crippen MR) is 102 cm³/mol. The molecule has 0 spiro atoms. The maximum Gasteiger partial charge on any atom is 0.279 e. The highest BCUT2D eigenvalue weighted by molar-refractivity contribution is 6.05. The van der Waals surface area contributed by atoms with Crippen LogP contribution in [0.5, 0.6) is 0 Å². The summed E-state index contributed by atoms with van der Waals surface area (Å²) in [6, 6.07) is 16.3. The van der Waals surface area contributed by atoms with E-state index in [1.165, 1.54) is 4.68 Å². The average Bonchev–Trinajstić information content (AvgIpc) is 3.09. The molecule has 0 saturated heterocycles. The van der Waals surface area contributed by atoms with Gasteiger partial charge in [-0.05, 0) is 38.0 Å². The molecular formula is C21H21N3O2. The fourth-order valence-electron chi connectivity index (χ4n) is 3.72. The van der Waals surface area contributed by atoms with Crippen molar-refractivity contribution in [1.29, 1.82) is 0 Å². The minimum absolute atomic E-state index is 0.201. The van der Waals surface area contributed by atoms with E-state index in [9.17, 15) is 9.59 Å². The fourth-order valence-corrected chi connectivity index (χ4v) is 3.72. The average molecular weight is 347 g/mol. The van der Waals surface area contributed by atoms with Gasteiger partial charge in [-0.3, -0.25) is 9.59 Å². The van der Waals surface area contributed by atoms with Crippen LogP contribution < -0.4 is 10.9 Å². The maximum absolute atomic E-state index is 13.0. The number of fused-ring (bicyclic) bond motifs is 1. The van der Waals surface area contributed by atoms with Crippen molar-refractivity contribution in [2.45, 2.75) is 38.1 Å². The highest BCUT2D eigenvalue weighted by Crippen LogP contribution is 2.29. The molecule has 0 atom stereocenters. The number of carbonyl (C=O) groups is 1. The summed E-state index contributed by atoms with van der Waals surface area (Å²) in [6.45, 7) is 2.08. The zero-order valence-electron chi connectivity index (χ0n) is 14.7. The Morgan fingerprint density at radius 1 is 1.00 bits per heavy atom. The molecule has 5 heteroatoms. The van der Waals surface area contributed by atoms with E-state index < -0.39 is 0 Å². The van der Waals surface area contributed by atoms with E-state index >= 15 is 0 Å². The Kier molecular flexibility index (Phi) is 4.07. The third-order valence-corrected chi connectivity index (χ3v) is 5.14. The number of nitrogens with zero attached hydrogens (tertiary/aromatic N) is 2. The summed E-state index contributed by atoms with van der Waals surface area (Å²) in [5.41, 5.74) is 0.505. The smallest absolute Gasteiger partial charge is 0.279 e. The molecule has 0 unspecified atom stereocenters. The van der Waals surface area contributed by atoms with Crippen LogP contribution in [0.1, 0.15) is 43.1 Å². The lowest BCUT2D eigenvalue weighted by Crippen LogP contribution is -2.44. The Hall–Kier alpha value is -2.95. The molecule has 0 radical (unpaired) electrons. The molecule has 2 aromatic carbocycles. The van der Waals surface area contributed by atoms with E-state index in [0.717, 1.165) is 25.7 Å². The van der Waals surface area contributed by atoms with E-state index in [4.69, 9.17) is 0 Å². The van der Waals surface area contributed by atoms with Crippen molar-refractivity contribution in [3.8, 4) is 5.69 Å². The summed E-state index contributed by atoms with van der Waals surface area (Å²) < 4.78 is 1.31. The second-order valence-corrected chi connectivity index (χ2v) is 7.17. The standard InChI is InChI=1S/C21H21N3O2/c1-21(13-7-8-14-21)22-19(25)18-16-11-5-6-12-17(16)20(26)24(23-18)15-9-3-2-4-10-15/h2-6,9-12H,7-8,13-14H2,1H3,(H,22,25). The molecule has 1 fully saturated rings. The Bertz CT molecular complexity index is 1020. The number of para-hydroxylation sites is 1. The van der Waals surface area contributed by atoms with Crippen LogP contribution in [0, 0.1) is 0 Å².